The third-order valence-corrected chi connectivity index (χ3v) is 2.89. The maximum Gasteiger partial charge on any atom is 0.416 e. The zero-order valence-corrected chi connectivity index (χ0v) is 10.3. The lowest BCUT2D eigenvalue weighted by Gasteiger charge is -2.19. The van der Waals surface area contributed by atoms with Gasteiger partial charge in [-0.05, 0) is 24.6 Å². The van der Waals surface area contributed by atoms with E-state index in [0.29, 0.717) is 6.54 Å². The van der Waals surface area contributed by atoms with Crippen LogP contribution in [0, 0.1) is 0 Å². The number of H-pyrrole nitrogens is 1. The monoisotopic (exact) mass is 269 g/mol. The lowest BCUT2D eigenvalue weighted by atomic mass is 10.0. The van der Waals surface area contributed by atoms with Gasteiger partial charge in [0.25, 0.3) is 0 Å². The van der Waals surface area contributed by atoms with E-state index < -0.39 is 17.8 Å². The number of hydrogen-bond donors (Lipinski definition) is 2. The van der Waals surface area contributed by atoms with Crippen molar-refractivity contribution in [1.29, 1.82) is 0 Å². The summed E-state index contributed by atoms with van der Waals surface area (Å²) >= 11 is 0. The molecule has 0 aliphatic rings. The fourth-order valence-electron chi connectivity index (χ4n) is 1.89. The maximum absolute atomic E-state index is 12.9. The van der Waals surface area contributed by atoms with Crippen LogP contribution in [0.1, 0.15) is 29.8 Å². The van der Waals surface area contributed by atoms with Gasteiger partial charge in [-0.25, -0.2) is 0 Å². The van der Waals surface area contributed by atoms with Crippen LogP contribution in [0.15, 0.2) is 36.5 Å². The van der Waals surface area contributed by atoms with Crippen LogP contribution in [0.3, 0.4) is 0 Å². The highest BCUT2D eigenvalue weighted by molar-refractivity contribution is 5.32. The quantitative estimate of drug-likeness (QED) is 0.894. The fourth-order valence-corrected chi connectivity index (χ4v) is 1.89. The van der Waals surface area contributed by atoms with Gasteiger partial charge in [-0.1, -0.05) is 18.2 Å². The van der Waals surface area contributed by atoms with Crippen molar-refractivity contribution in [3.05, 3.63) is 53.3 Å². The minimum absolute atomic E-state index is 0.245. The zero-order chi connectivity index (χ0) is 13.9. The molecule has 0 amide bonds. The Kier molecular flexibility index (Phi) is 3.90. The topological polar surface area (TPSA) is 40.7 Å². The van der Waals surface area contributed by atoms with Crippen LogP contribution >= 0.6 is 0 Å². The van der Waals surface area contributed by atoms with Crippen molar-refractivity contribution in [3.63, 3.8) is 0 Å². The second-order valence-electron chi connectivity index (χ2n) is 4.27. The van der Waals surface area contributed by atoms with Crippen LogP contribution in [0.2, 0.25) is 0 Å². The van der Waals surface area contributed by atoms with Gasteiger partial charge in [-0.15, -0.1) is 0 Å². The minimum atomic E-state index is -4.33. The van der Waals surface area contributed by atoms with E-state index in [4.69, 9.17) is 0 Å². The van der Waals surface area contributed by atoms with Gasteiger partial charge in [0, 0.05) is 24.5 Å². The molecule has 0 radical (unpaired) electrons. The van der Waals surface area contributed by atoms with Crippen molar-refractivity contribution in [2.24, 2.45) is 0 Å². The molecule has 0 aliphatic heterocycles. The third-order valence-electron chi connectivity index (χ3n) is 2.89. The normalized spacial score (nSPS) is 13.5. The van der Waals surface area contributed by atoms with Crippen molar-refractivity contribution in [1.82, 2.24) is 15.5 Å². The molecule has 0 fully saturated rings. The zero-order valence-electron chi connectivity index (χ0n) is 10.3. The number of halogens is 3. The Morgan fingerprint density at radius 3 is 2.63 bits per heavy atom. The molecular weight excluding hydrogens is 255 g/mol. The number of nitrogens with zero attached hydrogens (tertiary/aromatic N) is 1. The first-order chi connectivity index (χ1) is 8.98. The molecule has 102 valence electrons. The van der Waals surface area contributed by atoms with E-state index in [1.807, 2.05) is 0 Å². The van der Waals surface area contributed by atoms with Crippen LogP contribution < -0.4 is 5.32 Å². The third kappa shape index (κ3) is 3.35. The van der Waals surface area contributed by atoms with Crippen LogP contribution in [0.25, 0.3) is 0 Å². The van der Waals surface area contributed by atoms with Crippen molar-refractivity contribution in [2.75, 3.05) is 0 Å². The standard InChI is InChI=1S/C13H14F3N3/c1-9(17-8-10-6-7-18-19-10)11-4-2-3-5-12(11)13(14,15)16/h2-7,9,17H,8H2,1H3,(H,18,19). The molecule has 0 aliphatic carbocycles. The Bertz CT molecular complexity index is 520. The molecule has 1 aromatic carbocycles. The molecule has 0 saturated carbocycles. The molecule has 1 unspecified atom stereocenters. The van der Waals surface area contributed by atoms with Crippen molar-refractivity contribution >= 4 is 0 Å². The molecule has 2 rings (SSSR count). The van der Waals surface area contributed by atoms with E-state index in [9.17, 15) is 13.2 Å². The molecule has 1 heterocycles. The number of hydrogen-bond acceptors (Lipinski definition) is 2. The molecule has 2 N–H and O–H groups in total. The predicted molar refractivity (Wildman–Crippen MR) is 65.3 cm³/mol. The summed E-state index contributed by atoms with van der Waals surface area (Å²) in [6.07, 6.45) is -2.73. The van der Waals surface area contributed by atoms with Crippen LogP contribution in [-0.2, 0) is 12.7 Å². The summed E-state index contributed by atoms with van der Waals surface area (Å²) in [6.45, 7) is 2.15. The molecule has 0 saturated heterocycles. The van der Waals surface area contributed by atoms with E-state index in [1.165, 1.54) is 12.1 Å². The number of rotatable bonds is 4. The first-order valence-corrected chi connectivity index (χ1v) is 5.86. The first-order valence-electron chi connectivity index (χ1n) is 5.86. The summed E-state index contributed by atoms with van der Waals surface area (Å²) in [5.74, 6) is 0. The van der Waals surface area contributed by atoms with Crippen LogP contribution in [0.5, 0.6) is 0 Å². The number of aromatic amines is 1. The molecular formula is C13H14F3N3. The van der Waals surface area contributed by atoms with Gasteiger partial charge in [0.2, 0.25) is 0 Å². The average Bonchev–Trinajstić information content (AvgIpc) is 2.88. The minimum Gasteiger partial charge on any atom is -0.305 e. The molecule has 3 nitrogen and oxygen atoms in total. The molecule has 0 spiro atoms. The first kappa shape index (κ1) is 13.6. The highest BCUT2D eigenvalue weighted by Gasteiger charge is 2.33. The van der Waals surface area contributed by atoms with E-state index in [2.05, 4.69) is 15.5 Å². The molecule has 19 heavy (non-hydrogen) atoms. The van der Waals surface area contributed by atoms with Crippen LogP contribution in [0.4, 0.5) is 13.2 Å². The Morgan fingerprint density at radius 1 is 1.26 bits per heavy atom. The second-order valence-corrected chi connectivity index (χ2v) is 4.27. The second kappa shape index (κ2) is 5.44. The Labute approximate surface area is 108 Å². The lowest BCUT2D eigenvalue weighted by molar-refractivity contribution is -0.138. The SMILES string of the molecule is CC(NCc1ccn[nH]1)c1ccccc1C(F)(F)F. The summed E-state index contributed by atoms with van der Waals surface area (Å²) in [7, 11) is 0. The molecule has 2 aromatic rings. The Morgan fingerprint density at radius 2 is 2.00 bits per heavy atom. The number of aromatic nitrogens is 2. The maximum atomic E-state index is 12.9. The van der Waals surface area contributed by atoms with Crippen molar-refractivity contribution in [2.45, 2.75) is 25.7 Å². The number of nitrogens with one attached hydrogen (secondary N) is 2. The molecule has 6 heteroatoms. The molecule has 1 atom stereocenters. The number of benzene rings is 1. The predicted octanol–water partition coefficient (Wildman–Crippen LogP) is 3.28. The molecule has 0 bridgehead atoms. The highest BCUT2D eigenvalue weighted by atomic mass is 19.4. The lowest BCUT2D eigenvalue weighted by Crippen LogP contribution is -2.21. The van der Waals surface area contributed by atoms with E-state index in [-0.39, 0.29) is 5.56 Å². The van der Waals surface area contributed by atoms with Gasteiger partial charge in [0.15, 0.2) is 0 Å². The summed E-state index contributed by atoms with van der Waals surface area (Å²) in [4.78, 5) is 0. The fraction of sp³-hybridized carbons (Fsp3) is 0.308. The van der Waals surface area contributed by atoms with Gasteiger partial charge in [0.1, 0.15) is 0 Å². The van der Waals surface area contributed by atoms with Gasteiger partial charge in [0.05, 0.1) is 5.56 Å². The van der Waals surface area contributed by atoms with E-state index in [1.54, 1.807) is 25.3 Å². The Hall–Kier alpha value is -1.82. The largest absolute Gasteiger partial charge is 0.416 e. The van der Waals surface area contributed by atoms with Gasteiger partial charge >= 0.3 is 6.18 Å². The summed E-state index contributed by atoms with van der Waals surface area (Å²) in [5.41, 5.74) is 0.477. The smallest absolute Gasteiger partial charge is 0.305 e. The van der Waals surface area contributed by atoms with Gasteiger partial charge in [-0.2, -0.15) is 18.3 Å². The van der Waals surface area contributed by atoms with E-state index in [0.717, 1.165) is 11.8 Å². The van der Waals surface area contributed by atoms with Crippen LogP contribution in [-0.4, -0.2) is 10.2 Å². The van der Waals surface area contributed by atoms with E-state index >= 15 is 0 Å². The summed E-state index contributed by atoms with van der Waals surface area (Å²) in [6, 6.07) is 6.97. The van der Waals surface area contributed by atoms with Crippen molar-refractivity contribution < 1.29 is 13.2 Å². The molecule has 1 aromatic heterocycles. The van der Waals surface area contributed by atoms with Crippen molar-refractivity contribution in [3.8, 4) is 0 Å². The highest BCUT2D eigenvalue weighted by Crippen LogP contribution is 2.34. The Balaban J connectivity index is 2.12. The van der Waals surface area contributed by atoms with Gasteiger partial charge in [-0.3, -0.25) is 5.10 Å². The van der Waals surface area contributed by atoms with Gasteiger partial charge < -0.3 is 5.32 Å². The number of alkyl halides is 3. The average molecular weight is 269 g/mol. The summed E-state index contributed by atoms with van der Waals surface area (Å²) < 4.78 is 38.6. The summed E-state index contributed by atoms with van der Waals surface area (Å²) in [5, 5.41) is 9.58.